The standard InChI is InChI=1S/C19H20N4O4/c1-12-20-9-8-15(21-12)17(24)22-14-6-4-5-13(11-14)18(25)23-10-3-2-7-16(23)19(26)27/h4-6,8-9,11,16H,2-3,7,10H2,1H3,(H,22,24)(H,26,27). The lowest BCUT2D eigenvalue weighted by Gasteiger charge is -2.33. The molecule has 0 saturated carbocycles. The first kappa shape index (κ1) is 18.5. The highest BCUT2D eigenvalue weighted by Gasteiger charge is 2.32. The van der Waals surface area contributed by atoms with Gasteiger partial charge < -0.3 is 15.3 Å². The SMILES string of the molecule is Cc1nccc(C(=O)Nc2cccc(C(=O)N3CCCCC3C(=O)O)c2)n1. The first-order valence-corrected chi connectivity index (χ1v) is 8.70. The molecule has 0 radical (unpaired) electrons. The second-order valence-electron chi connectivity index (χ2n) is 6.37. The van der Waals surface area contributed by atoms with E-state index in [1.807, 2.05) is 0 Å². The second kappa shape index (κ2) is 7.94. The van der Waals surface area contributed by atoms with Gasteiger partial charge in [0.05, 0.1) is 0 Å². The van der Waals surface area contributed by atoms with Crippen molar-refractivity contribution in [2.45, 2.75) is 32.2 Å². The minimum atomic E-state index is -0.994. The summed E-state index contributed by atoms with van der Waals surface area (Å²) in [4.78, 5) is 46.0. The van der Waals surface area contributed by atoms with Crippen LogP contribution in [0.3, 0.4) is 0 Å². The van der Waals surface area contributed by atoms with E-state index < -0.39 is 17.9 Å². The molecule has 8 heteroatoms. The van der Waals surface area contributed by atoms with Crippen LogP contribution in [0.2, 0.25) is 0 Å². The van der Waals surface area contributed by atoms with Gasteiger partial charge in [-0.15, -0.1) is 0 Å². The molecule has 8 nitrogen and oxygen atoms in total. The number of carboxylic acid groups (broad SMARTS) is 1. The third kappa shape index (κ3) is 4.28. The van der Waals surface area contributed by atoms with Gasteiger partial charge in [-0.05, 0) is 50.5 Å². The molecular weight excluding hydrogens is 348 g/mol. The van der Waals surface area contributed by atoms with Crippen molar-refractivity contribution in [3.63, 3.8) is 0 Å². The number of aliphatic carboxylic acids is 1. The molecule has 0 bridgehead atoms. The average molecular weight is 368 g/mol. The summed E-state index contributed by atoms with van der Waals surface area (Å²) in [5.41, 5.74) is 0.993. The van der Waals surface area contributed by atoms with Gasteiger partial charge >= 0.3 is 5.97 Å². The summed E-state index contributed by atoms with van der Waals surface area (Å²) in [6.45, 7) is 2.10. The number of rotatable bonds is 4. The Morgan fingerprint density at radius 3 is 2.78 bits per heavy atom. The molecule has 27 heavy (non-hydrogen) atoms. The van der Waals surface area contributed by atoms with Crippen LogP contribution < -0.4 is 5.32 Å². The quantitative estimate of drug-likeness (QED) is 0.855. The molecule has 1 aliphatic heterocycles. The van der Waals surface area contributed by atoms with E-state index in [9.17, 15) is 19.5 Å². The van der Waals surface area contributed by atoms with Gasteiger partial charge in [0.1, 0.15) is 17.6 Å². The molecule has 2 aromatic rings. The number of benzene rings is 1. The second-order valence-corrected chi connectivity index (χ2v) is 6.37. The molecule has 1 aliphatic rings. The van der Waals surface area contributed by atoms with Crippen LogP contribution in [-0.2, 0) is 4.79 Å². The summed E-state index contributed by atoms with van der Waals surface area (Å²) >= 11 is 0. The normalized spacial score (nSPS) is 16.6. The van der Waals surface area contributed by atoms with Crippen LogP contribution in [0.5, 0.6) is 0 Å². The summed E-state index contributed by atoms with van der Waals surface area (Å²) in [7, 11) is 0. The zero-order valence-electron chi connectivity index (χ0n) is 14.9. The van der Waals surface area contributed by atoms with E-state index in [-0.39, 0.29) is 11.6 Å². The molecule has 1 aromatic heterocycles. The van der Waals surface area contributed by atoms with Crippen LogP contribution in [0.15, 0.2) is 36.5 Å². The highest BCUT2D eigenvalue weighted by Crippen LogP contribution is 2.21. The number of hydrogen-bond donors (Lipinski definition) is 2. The first-order valence-electron chi connectivity index (χ1n) is 8.70. The van der Waals surface area contributed by atoms with E-state index in [0.717, 1.165) is 12.8 Å². The van der Waals surface area contributed by atoms with Crippen LogP contribution in [-0.4, -0.2) is 50.3 Å². The van der Waals surface area contributed by atoms with Gasteiger partial charge in [-0.2, -0.15) is 0 Å². The highest BCUT2D eigenvalue weighted by atomic mass is 16.4. The first-order chi connectivity index (χ1) is 13.0. The number of hydrogen-bond acceptors (Lipinski definition) is 5. The smallest absolute Gasteiger partial charge is 0.326 e. The lowest BCUT2D eigenvalue weighted by Crippen LogP contribution is -2.48. The Morgan fingerprint density at radius 2 is 2.04 bits per heavy atom. The lowest BCUT2D eigenvalue weighted by atomic mass is 10.0. The minimum absolute atomic E-state index is 0.223. The molecule has 1 atom stereocenters. The summed E-state index contributed by atoms with van der Waals surface area (Å²) in [5, 5.41) is 12.1. The number of amides is 2. The maximum atomic E-state index is 12.8. The van der Waals surface area contributed by atoms with Gasteiger partial charge in [0, 0.05) is 24.0 Å². The Bertz CT molecular complexity index is 884. The van der Waals surface area contributed by atoms with Crippen molar-refractivity contribution in [1.82, 2.24) is 14.9 Å². The van der Waals surface area contributed by atoms with Crippen molar-refractivity contribution in [2.24, 2.45) is 0 Å². The minimum Gasteiger partial charge on any atom is -0.480 e. The van der Waals surface area contributed by atoms with Crippen molar-refractivity contribution < 1.29 is 19.5 Å². The van der Waals surface area contributed by atoms with E-state index in [4.69, 9.17) is 0 Å². The predicted molar refractivity (Wildman–Crippen MR) is 97.5 cm³/mol. The molecule has 1 saturated heterocycles. The van der Waals surface area contributed by atoms with Crippen LogP contribution >= 0.6 is 0 Å². The molecule has 0 aliphatic carbocycles. The van der Waals surface area contributed by atoms with Crippen molar-refractivity contribution >= 4 is 23.5 Å². The Kier molecular flexibility index (Phi) is 5.44. The fraction of sp³-hybridized carbons (Fsp3) is 0.316. The van der Waals surface area contributed by atoms with Crippen LogP contribution in [0, 0.1) is 6.92 Å². The summed E-state index contributed by atoms with van der Waals surface area (Å²) in [6, 6.07) is 7.15. The highest BCUT2D eigenvalue weighted by molar-refractivity contribution is 6.04. The molecule has 2 N–H and O–H groups in total. The topological polar surface area (TPSA) is 112 Å². The molecule has 1 aromatic carbocycles. The van der Waals surface area contributed by atoms with E-state index in [1.54, 1.807) is 31.2 Å². The third-order valence-corrected chi connectivity index (χ3v) is 4.42. The molecule has 1 unspecified atom stereocenters. The van der Waals surface area contributed by atoms with Crippen LogP contribution in [0.4, 0.5) is 5.69 Å². The average Bonchev–Trinajstić information content (AvgIpc) is 2.67. The number of aromatic nitrogens is 2. The Balaban J connectivity index is 1.77. The molecule has 3 rings (SSSR count). The van der Waals surface area contributed by atoms with Crippen molar-refractivity contribution in [2.75, 3.05) is 11.9 Å². The number of carbonyl (C=O) groups is 3. The maximum absolute atomic E-state index is 12.8. The number of carboxylic acids is 1. The van der Waals surface area contributed by atoms with Crippen molar-refractivity contribution in [3.05, 3.63) is 53.6 Å². The summed E-state index contributed by atoms with van der Waals surface area (Å²) in [6.07, 6.45) is 3.51. The third-order valence-electron chi connectivity index (χ3n) is 4.42. The largest absolute Gasteiger partial charge is 0.480 e. The van der Waals surface area contributed by atoms with E-state index in [2.05, 4.69) is 15.3 Å². The molecular formula is C19H20N4O4. The Hall–Kier alpha value is -3.29. The molecule has 2 heterocycles. The van der Waals surface area contributed by atoms with Gasteiger partial charge in [-0.25, -0.2) is 14.8 Å². The fourth-order valence-corrected chi connectivity index (χ4v) is 3.10. The number of carbonyl (C=O) groups excluding carboxylic acids is 2. The number of nitrogens with zero attached hydrogens (tertiary/aromatic N) is 3. The van der Waals surface area contributed by atoms with Gasteiger partial charge in [-0.3, -0.25) is 9.59 Å². The van der Waals surface area contributed by atoms with Gasteiger partial charge in [0.2, 0.25) is 0 Å². The summed E-state index contributed by atoms with van der Waals surface area (Å²) in [5.74, 6) is -1.27. The monoisotopic (exact) mass is 368 g/mol. The molecule has 2 amide bonds. The Labute approximate surface area is 156 Å². The van der Waals surface area contributed by atoms with Crippen LogP contribution in [0.1, 0.15) is 45.9 Å². The number of likely N-dealkylation sites (tertiary alicyclic amines) is 1. The van der Waals surface area contributed by atoms with E-state index in [0.29, 0.717) is 30.0 Å². The zero-order chi connectivity index (χ0) is 19.4. The molecule has 0 spiro atoms. The van der Waals surface area contributed by atoms with Gasteiger partial charge in [0.25, 0.3) is 11.8 Å². The summed E-state index contributed by atoms with van der Waals surface area (Å²) < 4.78 is 0. The maximum Gasteiger partial charge on any atom is 0.326 e. The molecule has 1 fully saturated rings. The van der Waals surface area contributed by atoms with Gasteiger partial charge in [-0.1, -0.05) is 6.07 Å². The fourth-order valence-electron chi connectivity index (χ4n) is 3.10. The number of anilines is 1. The van der Waals surface area contributed by atoms with Crippen LogP contribution in [0.25, 0.3) is 0 Å². The number of nitrogens with one attached hydrogen (secondary N) is 1. The molecule has 140 valence electrons. The predicted octanol–water partition coefficient (Wildman–Crippen LogP) is 2.12. The van der Waals surface area contributed by atoms with Crippen molar-refractivity contribution in [1.29, 1.82) is 0 Å². The van der Waals surface area contributed by atoms with E-state index in [1.165, 1.54) is 17.2 Å². The Morgan fingerprint density at radius 1 is 1.22 bits per heavy atom. The van der Waals surface area contributed by atoms with Gasteiger partial charge in [0.15, 0.2) is 0 Å². The number of piperidine rings is 1. The van der Waals surface area contributed by atoms with Crippen molar-refractivity contribution in [3.8, 4) is 0 Å². The number of aryl methyl sites for hydroxylation is 1. The van der Waals surface area contributed by atoms with E-state index >= 15 is 0 Å². The lowest BCUT2D eigenvalue weighted by molar-refractivity contribution is -0.143. The zero-order valence-corrected chi connectivity index (χ0v) is 14.9.